The van der Waals surface area contributed by atoms with Gasteiger partial charge >= 0.3 is 0 Å². The number of benzene rings is 2. The number of anilines is 2. The summed E-state index contributed by atoms with van der Waals surface area (Å²) in [5.74, 6) is -0.237. The molecule has 0 aliphatic carbocycles. The normalized spacial score (nSPS) is 10.5. The van der Waals surface area contributed by atoms with E-state index in [9.17, 15) is 4.79 Å². The van der Waals surface area contributed by atoms with Crippen LogP contribution in [0, 0.1) is 6.92 Å². The number of pyridine rings is 1. The minimum Gasteiger partial charge on any atom is -0.355 e. The van der Waals surface area contributed by atoms with Crippen LogP contribution in [0.3, 0.4) is 0 Å². The topological polar surface area (TPSA) is 42.0 Å². The Balaban J connectivity index is 1.86. The van der Waals surface area contributed by atoms with E-state index in [0.717, 1.165) is 16.9 Å². The lowest BCUT2D eigenvalue weighted by atomic mass is 10.1. The number of carbonyl (C=O) groups excluding carboxylic acids is 1. The maximum atomic E-state index is 12.5. The van der Waals surface area contributed by atoms with Crippen LogP contribution in [0.5, 0.6) is 0 Å². The summed E-state index contributed by atoms with van der Waals surface area (Å²) in [5, 5.41) is 4.15. The summed E-state index contributed by atoms with van der Waals surface area (Å²) < 4.78 is 0. The van der Waals surface area contributed by atoms with E-state index in [-0.39, 0.29) is 5.78 Å². The molecule has 1 aromatic heterocycles. The molecule has 0 aliphatic heterocycles. The van der Waals surface area contributed by atoms with Crippen molar-refractivity contribution in [3.8, 4) is 0 Å². The van der Waals surface area contributed by atoms with Crippen molar-refractivity contribution in [2.24, 2.45) is 0 Å². The molecule has 0 atom stereocenters. The number of carbonyl (C=O) groups is 1. The van der Waals surface area contributed by atoms with Gasteiger partial charge in [-0.05, 0) is 48.9 Å². The van der Waals surface area contributed by atoms with Crippen LogP contribution in [0.4, 0.5) is 11.4 Å². The van der Waals surface area contributed by atoms with E-state index < -0.39 is 0 Å². The molecule has 1 heterocycles. The summed E-state index contributed by atoms with van der Waals surface area (Å²) in [6.45, 7) is 2.02. The van der Waals surface area contributed by atoms with E-state index in [2.05, 4.69) is 10.3 Å². The lowest BCUT2D eigenvalue weighted by Gasteiger charge is -2.11. The molecule has 3 rings (SSSR count). The smallest absolute Gasteiger partial charge is 0.212 e. The Kier molecular flexibility index (Phi) is 4.84. The molecule has 0 aliphatic rings. The van der Waals surface area contributed by atoms with Crippen molar-refractivity contribution in [1.82, 2.24) is 4.98 Å². The van der Waals surface area contributed by atoms with E-state index in [0.29, 0.717) is 21.3 Å². The number of halogens is 2. The molecule has 120 valence electrons. The Morgan fingerprint density at radius 2 is 1.83 bits per heavy atom. The molecule has 0 radical (unpaired) electrons. The summed E-state index contributed by atoms with van der Waals surface area (Å²) in [5.41, 5.74) is 3.64. The number of rotatable bonds is 4. The highest BCUT2D eigenvalue weighted by atomic mass is 35.5. The van der Waals surface area contributed by atoms with Crippen molar-refractivity contribution in [2.75, 3.05) is 5.32 Å². The second-order valence-electron chi connectivity index (χ2n) is 5.33. The number of para-hydroxylation sites is 1. The fraction of sp³-hybridized carbons (Fsp3) is 0.0526. The summed E-state index contributed by atoms with van der Waals surface area (Å²) >= 11 is 12.1. The predicted octanol–water partition coefficient (Wildman–Crippen LogP) is 5.67. The van der Waals surface area contributed by atoms with Gasteiger partial charge < -0.3 is 5.32 Å². The molecule has 0 amide bonds. The van der Waals surface area contributed by atoms with Crippen molar-refractivity contribution in [3.05, 3.63) is 87.7 Å². The molecule has 3 aromatic rings. The van der Waals surface area contributed by atoms with Crippen LogP contribution < -0.4 is 5.32 Å². The van der Waals surface area contributed by atoms with Gasteiger partial charge in [0.25, 0.3) is 0 Å². The number of hydrogen-bond acceptors (Lipinski definition) is 3. The molecule has 5 heteroatoms. The highest BCUT2D eigenvalue weighted by Crippen LogP contribution is 2.26. The number of nitrogens with zero attached hydrogens (tertiary/aromatic N) is 1. The van der Waals surface area contributed by atoms with E-state index in [1.807, 2.05) is 37.3 Å². The number of hydrogen-bond donors (Lipinski definition) is 1. The number of aryl methyl sites for hydroxylation is 1. The monoisotopic (exact) mass is 356 g/mol. The van der Waals surface area contributed by atoms with Gasteiger partial charge in [-0.2, -0.15) is 0 Å². The zero-order valence-corrected chi connectivity index (χ0v) is 14.4. The molecular weight excluding hydrogens is 343 g/mol. The Morgan fingerprint density at radius 1 is 1.04 bits per heavy atom. The van der Waals surface area contributed by atoms with Crippen molar-refractivity contribution in [2.45, 2.75) is 6.92 Å². The first-order chi connectivity index (χ1) is 11.5. The van der Waals surface area contributed by atoms with Crippen LogP contribution >= 0.6 is 23.2 Å². The third kappa shape index (κ3) is 3.58. The molecule has 0 saturated carbocycles. The van der Waals surface area contributed by atoms with Gasteiger partial charge in [0, 0.05) is 23.1 Å². The van der Waals surface area contributed by atoms with Gasteiger partial charge in [0.2, 0.25) is 5.78 Å². The lowest BCUT2D eigenvalue weighted by molar-refractivity contribution is 0.103. The SMILES string of the molecule is Cc1ccccc1Nc1ccc(C(=O)c2ccc(Cl)cn2)c(Cl)c1. The fourth-order valence-electron chi connectivity index (χ4n) is 2.29. The number of ketones is 1. The molecule has 0 bridgehead atoms. The van der Waals surface area contributed by atoms with Crippen molar-refractivity contribution >= 4 is 40.4 Å². The van der Waals surface area contributed by atoms with Crippen LogP contribution in [0.1, 0.15) is 21.6 Å². The van der Waals surface area contributed by atoms with Gasteiger partial charge in [-0.25, -0.2) is 0 Å². The van der Waals surface area contributed by atoms with Crippen LogP contribution in [0.25, 0.3) is 0 Å². The highest BCUT2D eigenvalue weighted by Gasteiger charge is 2.14. The average Bonchev–Trinajstić information content (AvgIpc) is 2.57. The second kappa shape index (κ2) is 7.04. The summed E-state index contributed by atoms with van der Waals surface area (Å²) in [4.78, 5) is 16.5. The number of nitrogens with one attached hydrogen (secondary N) is 1. The van der Waals surface area contributed by atoms with Crippen molar-refractivity contribution < 1.29 is 4.79 Å². The molecule has 0 spiro atoms. The van der Waals surface area contributed by atoms with Crippen LogP contribution in [0.2, 0.25) is 10.0 Å². The van der Waals surface area contributed by atoms with Gasteiger partial charge in [0.15, 0.2) is 0 Å². The Labute approximate surface area is 150 Å². The van der Waals surface area contributed by atoms with Gasteiger partial charge in [-0.3, -0.25) is 9.78 Å². The zero-order valence-electron chi connectivity index (χ0n) is 12.9. The molecule has 0 fully saturated rings. The van der Waals surface area contributed by atoms with Gasteiger partial charge in [-0.15, -0.1) is 0 Å². The molecule has 1 N–H and O–H groups in total. The van der Waals surface area contributed by atoms with Crippen molar-refractivity contribution in [1.29, 1.82) is 0 Å². The van der Waals surface area contributed by atoms with E-state index in [4.69, 9.17) is 23.2 Å². The third-order valence-electron chi connectivity index (χ3n) is 3.60. The van der Waals surface area contributed by atoms with Gasteiger partial charge in [-0.1, -0.05) is 41.4 Å². The molecule has 3 nitrogen and oxygen atoms in total. The standard InChI is InChI=1S/C19H14Cl2N2O/c1-12-4-2-3-5-17(12)23-14-7-8-15(16(21)10-14)19(24)18-9-6-13(20)11-22-18/h2-11,23H,1H3. The summed E-state index contributed by atoms with van der Waals surface area (Å²) in [6, 6.07) is 16.4. The number of aromatic nitrogens is 1. The van der Waals surface area contributed by atoms with E-state index in [1.165, 1.54) is 6.20 Å². The minimum atomic E-state index is -0.237. The summed E-state index contributed by atoms with van der Waals surface area (Å²) in [7, 11) is 0. The van der Waals surface area contributed by atoms with Crippen LogP contribution in [-0.4, -0.2) is 10.8 Å². The van der Waals surface area contributed by atoms with Crippen LogP contribution in [-0.2, 0) is 0 Å². The average molecular weight is 357 g/mol. The molecular formula is C19H14Cl2N2O. The molecule has 24 heavy (non-hydrogen) atoms. The molecule has 0 saturated heterocycles. The quantitative estimate of drug-likeness (QED) is 0.612. The molecule has 0 unspecified atom stereocenters. The first-order valence-electron chi connectivity index (χ1n) is 7.33. The van der Waals surface area contributed by atoms with Crippen LogP contribution in [0.15, 0.2) is 60.8 Å². The minimum absolute atomic E-state index is 0.237. The maximum Gasteiger partial charge on any atom is 0.212 e. The first-order valence-corrected chi connectivity index (χ1v) is 8.08. The first kappa shape index (κ1) is 16.5. The van der Waals surface area contributed by atoms with Gasteiger partial charge in [0.05, 0.1) is 10.0 Å². The highest BCUT2D eigenvalue weighted by molar-refractivity contribution is 6.35. The lowest BCUT2D eigenvalue weighted by Crippen LogP contribution is -2.05. The van der Waals surface area contributed by atoms with Gasteiger partial charge in [0.1, 0.15) is 5.69 Å². The Morgan fingerprint density at radius 3 is 2.50 bits per heavy atom. The van der Waals surface area contributed by atoms with Crippen molar-refractivity contribution in [3.63, 3.8) is 0 Å². The predicted molar refractivity (Wildman–Crippen MR) is 98.6 cm³/mol. The van der Waals surface area contributed by atoms with E-state index in [1.54, 1.807) is 24.3 Å². The fourth-order valence-corrected chi connectivity index (χ4v) is 2.67. The second-order valence-corrected chi connectivity index (χ2v) is 6.17. The Bertz CT molecular complexity index is 892. The Hall–Kier alpha value is -2.36. The third-order valence-corrected chi connectivity index (χ3v) is 4.13. The van der Waals surface area contributed by atoms with E-state index >= 15 is 0 Å². The summed E-state index contributed by atoms with van der Waals surface area (Å²) in [6.07, 6.45) is 1.44. The maximum absolute atomic E-state index is 12.5. The largest absolute Gasteiger partial charge is 0.355 e. The molecule has 2 aromatic carbocycles. The zero-order chi connectivity index (χ0) is 17.1.